The Labute approximate surface area is 122 Å². The molecular formula is C12H16N4O2S2. The van der Waals surface area contributed by atoms with Gasteiger partial charge in [0.1, 0.15) is 4.90 Å². The van der Waals surface area contributed by atoms with Crippen molar-refractivity contribution < 1.29 is 8.42 Å². The molecule has 0 spiro atoms. The first kappa shape index (κ1) is 14.8. The number of hydrogen-bond donors (Lipinski definition) is 3. The highest BCUT2D eigenvalue weighted by Crippen LogP contribution is 2.26. The molecule has 8 heteroatoms. The number of thiazole rings is 1. The molecular weight excluding hydrogens is 296 g/mol. The predicted octanol–water partition coefficient (Wildman–Crippen LogP) is 2.35. The van der Waals surface area contributed by atoms with E-state index in [0.717, 1.165) is 5.69 Å². The fourth-order valence-corrected chi connectivity index (χ4v) is 3.88. The van der Waals surface area contributed by atoms with E-state index in [1.165, 1.54) is 17.4 Å². The normalized spacial score (nSPS) is 11.6. The highest BCUT2D eigenvalue weighted by atomic mass is 32.2. The Kier molecular flexibility index (Phi) is 4.26. The summed E-state index contributed by atoms with van der Waals surface area (Å²) in [5.74, 6) is 5.58. The fraction of sp³-hybridized carbons (Fsp3) is 0.250. The van der Waals surface area contributed by atoms with Crippen molar-refractivity contribution in [1.29, 1.82) is 0 Å². The first-order chi connectivity index (χ1) is 9.44. The standard InChI is InChI=1S/C12H16N4O2S2/c1-8(2)10-7-19-12(14-10)16-20(17,18)11-6-4-3-5-9(11)15-13/h3-8,15H,13H2,1-2H3,(H,14,16). The van der Waals surface area contributed by atoms with Crippen molar-refractivity contribution in [2.24, 2.45) is 5.84 Å². The molecule has 0 amide bonds. The lowest BCUT2D eigenvalue weighted by atomic mass is 10.2. The van der Waals surface area contributed by atoms with Gasteiger partial charge in [-0.05, 0) is 18.1 Å². The molecule has 108 valence electrons. The molecule has 1 heterocycles. The van der Waals surface area contributed by atoms with E-state index in [0.29, 0.717) is 10.8 Å². The number of nitrogen functional groups attached to an aromatic ring is 1. The Balaban J connectivity index is 2.31. The first-order valence-electron chi connectivity index (χ1n) is 5.98. The van der Waals surface area contributed by atoms with E-state index >= 15 is 0 Å². The van der Waals surface area contributed by atoms with Gasteiger partial charge in [-0.3, -0.25) is 10.6 Å². The van der Waals surface area contributed by atoms with Gasteiger partial charge in [-0.2, -0.15) is 0 Å². The molecule has 0 radical (unpaired) electrons. The number of rotatable bonds is 5. The summed E-state index contributed by atoms with van der Waals surface area (Å²) in [6, 6.07) is 6.41. The molecule has 1 aromatic carbocycles. The van der Waals surface area contributed by atoms with Gasteiger partial charge in [0.15, 0.2) is 5.13 Å². The average Bonchev–Trinajstić information content (AvgIpc) is 2.86. The number of nitrogens with one attached hydrogen (secondary N) is 2. The van der Waals surface area contributed by atoms with Crippen LogP contribution in [0.5, 0.6) is 0 Å². The molecule has 0 bridgehead atoms. The molecule has 0 aliphatic carbocycles. The van der Waals surface area contributed by atoms with Crippen molar-refractivity contribution in [3.8, 4) is 0 Å². The topological polar surface area (TPSA) is 97.1 Å². The van der Waals surface area contributed by atoms with Crippen LogP contribution >= 0.6 is 11.3 Å². The number of nitrogens with zero attached hydrogens (tertiary/aromatic N) is 1. The van der Waals surface area contributed by atoms with Gasteiger partial charge >= 0.3 is 0 Å². The molecule has 6 nitrogen and oxygen atoms in total. The van der Waals surface area contributed by atoms with E-state index in [1.807, 2.05) is 19.2 Å². The van der Waals surface area contributed by atoms with Gasteiger partial charge in [-0.15, -0.1) is 11.3 Å². The van der Waals surface area contributed by atoms with Crippen LogP contribution in [0.1, 0.15) is 25.5 Å². The van der Waals surface area contributed by atoms with Crippen molar-refractivity contribution in [1.82, 2.24) is 4.98 Å². The Morgan fingerprint density at radius 2 is 2.00 bits per heavy atom. The number of hydrazine groups is 1. The van der Waals surface area contributed by atoms with Gasteiger partial charge < -0.3 is 5.43 Å². The third kappa shape index (κ3) is 3.09. The molecule has 0 fully saturated rings. The minimum absolute atomic E-state index is 0.0868. The van der Waals surface area contributed by atoms with Crippen LogP contribution in [0.4, 0.5) is 10.8 Å². The molecule has 0 atom stereocenters. The highest BCUT2D eigenvalue weighted by molar-refractivity contribution is 7.93. The maximum atomic E-state index is 12.3. The summed E-state index contributed by atoms with van der Waals surface area (Å²) in [7, 11) is -3.71. The van der Waals surface area contributed by atoms with Gasteiger partial charge in [0.05, 0.1) is 11.4 Å². The second kappa shape index (κ2) is 5.78. The zero-order valence-electron chi connectivity index (χ0n) is 11.1. The van der Waals surface area contributed by atoms with E-state index < -0.39 is 10.0 Å². The van der Waals surface area contributed by atoms with Crippen molar-refractivity contribution in [3.05, 3.63) is 35.3 Å². The SMILES string of the molecule is CC(C)c1csc(NS(=O)(=O)c2ccccc2NN)n1. The number of benzene rings is 1. The van der Waals surface area contributed by atoms with E-state index in [9.17, 15) is 8.42 Å². The molecule has 4 N–H and O–H groups in total. The molecule has 0 aliphatic heterocycles. The molecule has 0 saturated carbocycles. The summed E-state index contributed by atoms with van der Waals surface area (Å²) in [6.45, 7) is 4.00. The summed E-state index contributed by atoms with van der Waals surface area (Å²) < 4.78 is 27.1. The van der Waals surface area contributed by atoms with Gasteiger partial charge in [-0.25, -0.2) is 13.4 Å². The smallest absolute Gasteiger partial charge is 0.265 e. The van der Waals surface area contributed by atoms with Crippen LogP contribution in [0.15, 0.2) is 34.5 Å². The van der Waals surface area contributed by atoms with Crippen molar-refractivity contribution in [3.63, 3.8) is 0 Å². The van der Waals surface area contributed by atoms with E-state index in [1.54, 1.807) is 18.2 Å². The summed E-state index contributed by atoms with van der Waals surface area (Å²) in [5.41, 5.74) is 3.57. The van der Waals surface area contributed by atoms with Gasteiger partial charge in [0.25, 0.3) is 10.0 Å². The maximum Gasteiger partial charge on any atom is 0.265 e. The molecule has 0 aliphatic rings. The summed E-state index contributed by atoms with van der Waals surface area (Å²) >= 11 is 1.26. The Bertz CT molecular complexity index is 695. The van der Waals surface area contributed by atoms with Crippen LogP contribution in [0, 0.1) is 0 Å². The van der Waals surface area contributed by atoms with Crippen LogP contribution in [0.3, 0.4) is 0 Å². The lowest BCUT2D eigenvalue weighted by Gasteiger charge is -2.09. The minimum atomic E-state index is -3.71. The third-order valence-corrected chi connectivity index (χ3v) is 4.97. The summed E-state index contributed by atoms with van der Waals surface area (Å²) in [4.78, 5) is 4.34. The quantitative estimate of drug-likeness (QED) is 0.581. The molecule has 1 aromatic heterocycles. The minimum Gasteiger partial charge on any atom is -0.323 e. The number of nitrogens with two attached hydrogens (primary N) is 1. The van der Waals surface area contributed by atoms with Gasteiger partial charge in [-0.1, -0.05) is 26.0 Å². The molecule has 2 aromatic rings. The Hall–Kier alpha value is -1.64. The molecule has 2 rings (SSSR count). The molecule has 0 saturated heterocycles. The third-order valence-electron chi connectivity index (χ3n) is 2.67. The van der Waals surface area contributed by atoms with Crippen LogP contribution in [-0.4, -0.2) is 13.4 Å². The Morgan fingerprint density at radius 1 is 1.30 bits per heavy atom. The lowest BCUT2D eigenvalue weighted by molar-refractivity contribution is 0.601. The largest absolute Gasteiger partial charge is 0.323 e. The average molecular weight is 312 g/mol. The lowest BCUT2D eigenvalue weighted by Crippen LogP contribution is -2.17. The molecule has 0 unspecified atom stereocenters. The van der Waals surface area contributed by atoms with E-state index in [2.05, 4.69) is 15.1 Å². The highest BCUT2D eigenvalue weighted by Gasteiger charge is 2.19. The monoisotopic (exact) mass is 312 g/mol. The fourth-order valence-electron chi connectivity index (χ4n) is 1.59. The van der Waals surface area contributed by atoms with Crippen LogP contribution < -0.4 is 16.0 Å². The zero-order valence-corrected chi connectivity index (χ0v) is 12.8. The van der Waals surface area contributed by atoms with E-state index in [4.69, 9.17) is 5.84 Å². The van der Waals surface area contributed by atoms with Crippen molar-refractivity contribution in [2.45, 2.75) is 24.7 Å². The van der Waals surface area contributed by atoms with Gasteiger partial charge in [0.2, 0.25) is 0 Å². The summed E-state index contributed by atoms with van der Waals surface area (Å²) in [5, 5.41) is 2.19. The second-order valence-corrected chi connectivity index (χ2v) is 6.99. The number of hydrogen-bond acceptors (Lipinski definition) is 6. The van der Waals surface area contributed by atoms with Crippen LogP contribution in [0.25, 0.3) is 0 Å². The first-order valence-corrected chi connectivity index (χ1v) is 8.34. The summed E-state index contributed by atoms with van der Waals surface area (Å²) in [6.07, 6.45) is 0. The van der Waals surface area contributed by atoms with Gasteiger partial charge in [0, 0.05) is 5.38 Å². The predicted molar refractivity (Wildman–Crippen MR) is 81.3 cm³/mol. The van der Waals surface area contributed by atoms with Crippen molar-refractivity contribution in [2.75, 3.05) is 10.1 Å². The number of sulfonamides is 1. The maximum absolute atomic E-state index is 12.3. The number of aromatic nitrogens is 1. The Morgan fingerprint density at radius 3 is 2.60 bits per heavy atom. The van der Waals surface area contributed by atoms with Crippen LogP contribution in [-0.2, 0) is 10.0 Å². The number of para-hydroxylation sites is 1. The zero-order chi connectivity index (χ0) is 14.8. The van der Waals surface area contributed by atoms with Crippen molar-refractivity contribution >= 4 is 32.2 Å². The van der Waals surface area contributed by atoms with E-state index in [-0.39, 0.29) is 10.8 Å². The second-order valence-electron chi connectivity index (χ2n) is 4.48. The number of anilines is 2. The molecule has 20 heavy (non-hydrogen) atoms. The van der Waals surface area contributed by atoms with Crippen LogP contribution in [0.2, 0.25) is 0 Å².